The van der Waals surface area contributed by atoms with Crippen molar-refractivity contribution < 1.29 is 4.92 Å². The second-order valence-corrected chi connectivity index (χ2v) is 4.72. The first kappa shape index (κ1) is 14.0. The van der Waals surface area contributed by atoms with Gasteiger partial charge in [0.2, 0.25) is 0 Å². The van der Waals surface area contributed by atoms with E-state index in [1.807, 2.05) is 23.1 Å². The van der Waals surface area contributed by atoms with Crippen LogP contribution < -0.4 is 5.32 Å². The van der Waals surface area contributed by atoms with E-state index in [9.17, 15) is 10.1 Å². The highest BCUT2D eigenvalue weighted by atomic mass is 16.6. The summed E-state index contributed by atoms with van der Waals surface area (Å²) in [6, 6.07) is 5.16. The summed E-state index contributed by atoms with van der Waals surface area (Å²) in [6.07, 6.45) is 4.84. The summed E-state index contributed by atoms with van der Waals surface area (Å²) in [4.78, 5) is 10.5. The molecule has 0 unspecified atom stereocenters. The summed E-state index contributed by atoms with van der Waals surface area (Å²) in [6.45, 7) is 5.33. The molecule has 106 valence electrons. The molecular weight excluding hydrogens is 256 g/mol. The molecule has 0 saturated heterocycles. The molecule has 0 aliphatic heterocycles. The first-order valence-electron chi connectivity index (χ1n) is 6.60. The summed E-state index contributed by atoms with van der Waals surface area (Å²) in [5.74, 6) is 0. The lowest BCUT2D eigenvalue weighted by atomic mass is 10.2. The fraction of sp³-hybridized carbons (Fsp3) is 0.357. The highest BCUT2D eigenvalue weighted by Gasteiger charge is 2.10. The minimum atomic E-state index is -0.361. The Bertz CT molecular complexity index is 607. The summed E-state index contributed by atoms with van der Waals surface area (Å²) < 4.78 is 1.90. The SMILES string of the molecule is CCCn1cc(CNc2ccc(C)c([N+](=O)[O-])c2)cn1. The van der Waals surface area contributed by atoms with Crippen LogP contribution in [0.4, 0.5) is 11.4 Å². The minimum Gasteiger partial charge on any atom is -0.381 e. The van der Waals surface area contributed by atoms with Crippen molar-refractivity contribution in [3.05, 3.63) is 51.8 Å². The Balaban J connectivity index is 2.03. The zero-order valence-corrected chi connectivity index (χ0v) is 11.7. The molecule has 0 aliphatic rings. The van der Waals surface area contributed by atoms with Crippen LogP contribution in [0.25, 0.3) is 0 Å². The van der Waals surface area contributed by atoms with Crippen LogP contribution in [-0.2, 0) is 13.1 Å². The average Bonchev–Trinajstić information content (AvgIpc) is 2.86. The number of nitrogens with one attached hydrogen (secondary N) is 1. The maximum absolute atomic E-state index is 10.9. The van der Waals surface area contributed by atoms with Crippen molar-refractivity contribution in [1.29, 1.82) is 0 Å². The number of hydrogen-bond acceptors (Lipinski definition) is 4. The maximum atomic E-state index is 10.9. The standard InChI is InChI=1S/C14H18N4O2/c1-3-6-17-10-12(9-16-17)8-15-13-5-4-11(2)14(7-13)18(19)20/h4-5,7,9-10,15H,3,6,8H2,1-2H3. The van der Waals surface area contributed by atoms with E-state index in [0.29, 0.717) is 12.1 Å². The molecule has 20 heavy (non-hydrogen) atoms. The van der Waals surface area contributed by atoms with E-state index in [-0.39, 0.29) is 10.6 Å². The van der Waals surface area contributed by atoms with Crippen LogP contribution >= 0.6 is 0 Å². The van der Waals surface area contributed by atoms with Crippen LogP contribution in [0.15, 0.2) is 30.6 Å². The zero-order valence-electron chi connectivity index (χ0n) is 11.7. The van der Waals surface area contributed by atoms with Crippen molar-refractivity contribution in [3.63, 3.8) is 0 Å². The highest BCUT2D eigenvalue weighted by Crippen LogP contribution is 2.22. The third-order valence-electron chi connectivity index (χ3n) is 3.04. The average molecular weight is 274 g/mol. The molecule has 0 atom stereocenters. The van der Waals surface area contributed by atoms with E-state index in [0.717, 1.165) is 24.2 Å². The lowest BCUT2D eigenvalue weighted by molar-refractivity contribution is -0.385. The third-order valence-corrected chi connectivity index (χ3v) is 3.04. The van der Waals surface area contributed by atoms with Crippen LogP contribution in [0.5, 0.6) is 0 Å². The maximum Gasteiger partial charge on any atom is 0.274 e. The molecule has 1 N–H and O–H groups in total. The monoisotopic (exact) mass is 274 g/mol. The van der Waals surface area contributed by atoms with Gasteiger partial charge in [-0.3, -0.25) is 14.8 Å². The molecule has 6 nitrogen and oxygen atoms in total. The Morgan fingerprint density at radius 3 is 2.95 bits per heavy atom. The highest BCUT2D eigenvalue weighted by molar-refractivity contribution is 5.54. The number of nitrogens with zero attached hydrogens (tertiary/aromatic N) is 3. The molecular formula is C14H18N4O2. The summed E-state index contributed by atoms with van der Waals surface area (Å²) in [5, 5.41) is 18.3. The molecule has 1 aromatic heterocycles. The van der Waals surface area contributed by atoms with Crippen molar-refractivity contribution in [1.82, 2.24) is 9.78 Å². The van der Waals surface area contributed by atoms with Gasteiger partial charge < -0.3 is 5.32 Å². The van der Waals surface area contributed by atoms with E-state index >= 15 is 0 Å². The molecule has 2 aromatic rings. The van der Waals surface area contributed by atoms with Gasteiger partial charge in [0.25, 0.3) is 5.69 Å². The van der Waals surface area contributed by atoms with E-state index in [1.165, 1.54) is 0 Å². The van der Waals surface area contributed by atoms with Gasteiger partial charge in [-0.15, -0.1) is 0 Å². The number of hydrogen-bond donors (Lipinski definition) is 1. The fourth-order valence-corrected chi connectivity index (χ4v) is 1.97. The Labute approximate surface area is 117 Å². The number of anilines is 1. The quantitative estimate of drug-likeness (QED) is 0.648. The molecule has 0 amide bonds. The Kier molecular flexibility index (Phi) is 4.34. The summed E-state index contributed by atoms with van der Waals surface area (Å²) in [7, 11) is 0. The lowest BCUT2D eigenvalue weighted by Gasteiger charge is -2.05. The van der Waals surface area contributed by atoms with Gasteiger partial charge in [-0.25, -0.2) is 0 Å². The van der Waals surface area contributed by atoms with Crippen molar-refractivity contribution in [2.75, 3.05) is 5.32 Å². The number of nitro benzene ring substituents is 1. The van der Waals surface area contributed by atoms with Gasteiger partial charge in [0.15, 0.2) is 0 Å². The molecule has 2 rings (SSSR count). The molecule has 0 aliphatic carbocycles. The second-order valence-electron chi connectivity index (χ2n) is 4.72. The summed E-state index contributed by atoms with van der Waals surface area (Å²) in [5.41, 5.74) is 2.60. The molecule has 0 saturated carbocycles. The predicted molar refractivity (Wildman–Crippen MR) is 77.7 cm³/mol. The molecule has 0 spiro atoms. The number of aryl methyl sites for hydroxylation is 2. The van der Waals surface area contributed by atoms with Gasteiger partial charge in [-0.2, -0.15) is 5.10 Å². The van der Waals surface area contributed by atoms with E-state index in [1.54, 1.807) is 19.1 Å². The summed E-state index contributed by atoms with van der Waals surface area (Å²) >= 11 is 0. The molecule has 6 heteroatoms. The normalized spacial score (nSPS) is 10.5. The van der Waals surface area contributed by atoms with Crippen molar-refractivity contribution in [2.24, 2.45) is 0 Å². The van der Waals surface area contributed by atoms with E-state index in [2.05, 4.69) is 17.3 Å². The molecule has 0 fully saturated rings. The van der Waals surface area contributed by atoms with Crippen LogP contribution in [0.3, 0.4) is 0 Å². The molecule has 1 aromatic carbocycles. The van der Waals surface area contributed by atoms with Gasteiger partial charge in [-0.1, -0.05) is 13.0 Å². The van der Waals surface area contributed by atoms with Crippen molar-refractivity contribution in [2.45, 2.75) is 33.4 Å². The van der Waals surface area contributed by atoms with Gasteiger partial charge in [0.05, 0.1) is 11.1 Å². The first-order valence-corrected chi connectivity index (χ1v) is 6.60. The second kappa shape index (κ2) is 6.18. The lowest BCUT2D eigenvalue weighted by Crippen LogP contribution is -2.00. The predicted octanol–water partition coefficient (Wildman–Crippen LogP) is 3.12. The smallest absolute Gasteiger partial charge is 0.274 e. The van der Waals surface area contributed by atoms with Crippen molar-refractivity contribution >= 4 is 11.4 Å². The largest absolute Gasteiger partial charge is 0.381 e. The fourth-order valence-electron chi connectivity index (χ4n) is 1.97. The number of nitro groups is 1. The number of benzene rings is 1. The van der Waals surface area contributed by atoms with E-state index < -0.39 is 0 Å². The Morgan fingerprint density at radius 2 is 2.25 bits per heavy atom. The van der Waals surface area contributed by atoms with Crippen LogP contribution in [-0.4, -0.2) is 14.7 Å². The molecule has 1 heterocycles. The van der Waals surface area contributed by atoms with Crippen LogP contribution in [0.2, 0.25) is 0 Å². The van der Waals surface area contributed by atoms with Gasteiger partial charge >= 0.3 is 0 Å². The van der Waals surface area contributed by atoms with Crippen LogP contribution in [0.1, 0.15) is 24.5 Å². The van der Waals surface area contributed by atoms with Gasteiger partial charge in [0, 0.05) is 42.2 Å². The molecule has 0 radical (unpaired) electrons. The van der Waals surface area contributed by atoms with Crippen molar-refractivity contribution in [3.8, 4) is 0 Å². The van der Waals surface area contributed by atoms with Gasteiger partial charge in [-0.05, 0) is 19.4 Å². The number of rotatable bonds is 6. The first-order chi connectivity index (χ1) is 9.60. The van der Waals surface area contributed by atoms with E-state index in [4.69, 9.17) is 0 Å². The minimum absolute atomic E-state index is 0.136. The topological polar surface area (TPSA) is 73.0 Å². The third kappa shape index (κ3) is 3.34. The number of aromatic nitrogens is 2. The van der Waals surface area contributed by atoms with Gasteiger partial charge in [0.1, 0.15) is 0 Å². The zero-order chi connectivity index (χ0) is 14.5. The van der Waals surface area contributed by atoms with Crippen LogP contribution in [0, 0.1) is 17.0 Å². The Morgan fingerprint density at radius 1 is 1.45 bits per heavy atom. The Hall–Kier alpha value is -2.37. The molecule has 0 bridgehead atoms.